The largest absolute Gasteiger partial charge is 0.320 e. The summed E-state index contributed by atoms with van der Waals surface area (Å²) in [7, 11) is 0. The van der Waals surface area contributed by atoms with Gasteiger partial charge in [-0.25, -0.2) is 0 Å². The van der Waals surface area contributed by atoms with Crippen LogP contribution in [0.3, 0.4) is 0 Å². The van der Waals surface area contributed by atoms with Crippen LogP contribution in [-0.4, -0.2) is 17.5 Å². The second kappa shape index (κ2) is 7.04. The number of nitrogens with one attached hydrogen (secondary N) is 1. The number of rotatable bonds is 3. The molecule has 30 heavy (non-hydrogen) atoms. The van der Waals surface area contributed by atoms with Gasteiger partial charge in [-0.15, -0.1) is 0 Å². The molecule has 1 aliphatic rings. The van der Waals surface area contributed by atoms with E-state index in [-0.39, 0.29) is 29.6 Å². The molecule has 0 atom stereocenters. The summed E-state index contributed by atoms with van der Waals surface area (Å²) in [6, 6.07) is 21.6. The van der Waals surface area contributed by atoms with Crippen LogP contribution in [0.2, 0.25) is 0 Å². The third kappa shape index (κ3) is 2.97. The second-order valence-corrected chi connectivity index (χ2v) is 7.23. The van der Waals surface area contributed by atoms with Gasteiger partial charge in [-0.05, 0) is 17.5 Å². The third-order valence-electron chi connectivity index (χ3n) is 5.30. The Morgan fingerprint density at radius 2 is 1.40 bits per heavy atom. The Kier molecular flexibility index (Phi) is 4.21. The Bertz CT molecular complexity index is 1360. The van der Waals surface area contributed by atoms with E-state index >= 15 is 0 Å². The number of benzene rings is 3. The van der Waals surface area contributed by atoms with Crippen molar-refractivity contribution in [3.8, 4) is 0 Å². The van der Waals surface area contributed by atoms with Crippen LogP contribution < -0.4 is 9.88 Å². The summed E-state index contributed by atoms with van der Waals surface area (Å²) in [5.41, 5.74) is 1.67. The lowest BCUT2D eigenvalue weighted by Gasteiger charge is -2.20. The minimum absolute atomic E-state index is 0.0905. The molecular weight excluding hydrogens is 376 g/mol. The molecule has 0 saturated carbocycles. The molecule has 0 fully saturated rings. The van der Waals surface area contributed by atoms with Gasteiger partial charge in [0.1, 0.15) is 0 Å². The predicted octanol–water partition coefficient (Wildman–Crippen LogP) is 3.54. The highest BCUT2D eigenvalue weighted by atomic mass is 16.2. The predicted molar refractivity (Wildman–Crippen MR) is 113 cm³/mol. The van der Waals surface area contributed by atoms with Gasteiger partial charge in [0.05, 0.1) is 11.3 Å². The number of amides is 1. The maximum atomic E-state index is 13.1. The molecule has 4 aromatic rings. The van der Waals surface area contributed by atoms with Gasteiger partial charge >= 0.3 is 0 Å². The lowest BCUT2D eigenvalue weighted by atomic mass is 9.83. The number of pyridine rings is 1. The molecule has 0 aliphatic heterocycles. The van der Waals surface area contributed by atoms with Crippen molar-refractivity contribution < 1.29 is 19.0 Å². The van der Waals surface area contributed by atoms with E-state index in [1.54, 1.807) is 47.0 Å². The molecule has 1 heterocycles. The molecule has 1 aromatic heterocycles. The molecule has 5 rings (SSSR count). The van der Waals surface area contributed by atoms with Crippen LogP contribution in [-0.2, 0) is 11.3 Å². The Labute approximate surface area is 172 Å². The van der Waals surface area contributed by atoms with Crippen LogP contribution in [0.15, 0.2) is 85.2 Å². The van der Waals surface area contributed by atoms with Crippen molar-refractivity contribution >= 4 is 33.9 Å². The van der Waals surface area contributed by atoms with E-state index in [2.05, 4.69) is 5.32 Å². The van der Waals surface area contributed by atoms with Gasteiger partial charge in [0, 0.05) is 28.1 Å². The van der Waals surface area contributed by atoms with Crippen molar-refractivity contribution in [3.05, 3.63) is 107 Å². The van der Waals surface area contributed by atoms with E-state index in [1.807, 2.05) is 42.7 Å². The summed E-state index contributed by atoms with van der Waals surface area (Å²) >= 11 is 0. The molecule has 144 valence electrons. The van der Waals surface area contributed by atoms with E-state index in [1.165, 1.54) is 0 Å². The summed E-state index contributed by atoms with van der Waals surface area (Å²) in [6.07, 6.45) is 3.74. The average molecular weight is 393 g/mol. The first-order valence-electron chi connectivity index (χ1n) is 9.61. The molecule has 1 N–H and O–H groups in total. The van der Waals surface area contributed by atoms with Gasteiger partial charge in [-0.3, -0.25) is 14.4 Å². The van der Waals surface area contributed by atoms with Crippen LogP contribution in [0.4, 0.5) is 5.69 Å². The molecule has 1 amide bonds. The van der Waals surface area contributed by atoms with Crippen LogP contribution in [0, 0.1) is 0 Å². The van der Waals surface area contributed by atoms with Crippen molar-refractivity contribution in [1.29, 1.82) is 0 Å². The van der Waals surface area contributed by atoms with Crippen molar-refractivity contribution in [2.45, 2.75) is 6.54 Å². The number of carbonyl (C=O) groups excluding carboxylic acids is 3. The normalized spacial score (nSPS) is 12.4. The fraction of sp³-hybridized carbons (Fsp3) is 0.0400. The van der Waals surface area contributed by atoms with Gasteiger partial charge in [0.25, 0.3) is 5.91 Å². The van der Waals surface area contributed by atoms with Gasteiger partial charge in [-0.2, -0.15) is 4.57 Å². The molecular formula is C25H17N2O3+. The Balaban J connectivity index is 1.45. The molecule has 0 radical (unpaired) electrons. The van der Waals surface area contributed by atoms with Gasteiger partial charge in [-0.1, -0.05) is 54.6 Å². The standard InChI is InChI=1S/C25H16N2O3/c28-22(15-27-13-12-16-6-1-2-7-17(16)14-27)26-21-11-5-10-20-23(21)25(30)19-9-4-3-8-18(19)24(20)29/h1-14H,15H2/p+1. The topological polar surface area (TPSA) is 67.1 Å². The summed E-state index contributed by atoms with van der Waals surface area (Å²) in [5, 5.41) is 4.94. The fourth-order valence-electron chi connectivity index (χ4n) is 3.88. The minimum atomic E-state index is -0.275. The van der Waals surface area contributed by atoms with Crippen LogP contribution in [0.5, 0.6) is 0 Å². The van der Waals surface area contributed by atoms with E-state index in [9.17, 15) is 14.4 Å². The minimum Gasteiger partial charge on any atom is -0.320 e. The lowest BCUT2D eigenvalue weighted by Crippen LogP contribution is -2.39. The lowest BCUT2D eigenvalue weighted by molar-refractivity contribution is -0.682. The van der Waals surface area contributed by atoms with Crippen LogP contribution in [0.1, 0.15) is 31.8 Å². The molecule has 0 saturated heterocycles. The molecule has 5 nitrogen and oxygen atoms in total. The van der Waals surface area contributed by atoms with Crippen molar-refractivity contribution in [2.75, 3.05) is 5.32 Å². The molecule has 1 aliphatic carbocycles. The van der Waals surface area contributed by atoms with E-state index in [0.717, 1.165) is 10.8 Å². The maximum Gasteiger partial charge on any atom is 0.290 e. The number of hydrogen-bond donors (Lipinski definition) is 1. The zero-order valence-electron chi connectivity index (χ0n) is 16.0. The molecule has 5 heteroatoms. The number of nitrogens with zero attached hydrogens (tertiary/aromatic N) is 1. The average Bonchev–Trinajstić information content (AvgIpc) is 2.77. The Hall–Kier alpha value is -4.12. The Morgan fingerprint density at radius 3 is 2.20 bits per heavy atom. The summed E-state index contributed by atoms with van der Waals surface area (Å²) < 4.78 is 1.79. The highest BCUT2D eigenvalue weighted by Gasteiger charge is 2.31. The number of fused-ring (bicyclic) bond motifs is 3. The third-order valence-corrected chi connectivity index (χ3v) is 5.30. The van der Waals surface area contributed by atoms with E-state index < -0.39 is 0 Å². The van der Waals surface area contributed by atoms with Crippen LogP contribution >= 0.6 is 0 Å². The first kappa shape index (κ1) is 17.9. The smallest absolute Gasteiger partial charge is 0.290 e. The number of aromatic nitrogens is 1. The van der Waals surface area contributed by atoms with Crippen LogP contribution in [0.25, 0.3) is 10.8 Å². The molecule has 0 bridgehead atoms. The summed E-state index contributed by atoms with van der Waals surface area (Å²) in [6.45, 7) is 0.0905. The number of ketones is 2. The van der Waals surface area contributed by atoms with Gasteiger partial charge < -0.3 is 5.32 Å². The monoisotopic (exact) mass is 393 g/mol. The summed E-state index contributed by atoms with van der Waals surface area (Å²) in [5.74, 6) is -0.738. The molecule has 3 aromatic carbocycles. The van der Waals surface area contributed by atoms with Crippen molar-refractivity contribution in [1.82, 2.24) is 0 Å². The van der Waals surface area contributed by atoms with Gasteiger partial charge in [0.2, 0.25) is 6.54 Å². The quantitative estimate of drug-likeness (QED) is 0.477. The zero-order chi connectivity index (χ0) is 20.7. The number of hydrogen-bond acceptors (Lipinski definition) is 3. The molecule has 0 unspecified atom stereocenters. The highest BCUT2D eigenvalue weighted by Crippen LogP contribution is 2.31. The zero-order valence-corrected chi connectivity index (χ0v) is 16.0. The molecule has 0 spiro atoms. The fourth-order valence-corrected chi connectivity index (χ4v) is 3.88. The SMILES string of the molecule is O=C(C[n+]1ccc2ccccc2c1)Nc1cccc2c1C(=O)c1ccccc1C2=O. The first-order chi connectivity index (χ1) is 14.6. The first-order valence-corrected chi connectivity index (χ1v) is 9.61. The summed E-state index contributed by atoms with van der Waals surface area (Å²) in [4.78, 5) is 38.6. The van der Waals surface area contributed by atoms with E-state index in [4.69, 9.17) is 0 Å². The van der Waals surface area contributed by atoms with E-state index in [0.29, 0.717) is 22.4 Å². The Morgan fingerprint density at radius 1 is 0.733 bits per heavy atom. The highest BCUT2D eigenvalue weighted by molar-refractivity contribution is 6.30. The van der Waals surface area contributed by atoms with Gasteiger partial charge in [0.15, 0.2) is 24.0 Å². The maximum absolute atomic E-state index is 13.1. The number of carbonyl (C=O) groups is 3. The van der Waals surface area contributed by atoms with Crippen molar-refractivity contribution in [3.63, 3.8) is 0 Å². The van der Waals surface area contributed by atoms with Crippen molar-refractivity contribution in [2.24, 2.45) is 0 Å². The second-order valence-electron chi connectivity index (χ2n) is 7.23. The number of anilines is 1.